The molecule has 1 saturated carbocycles. The van der Waals surface area contributed by atoms with Crippen LogP contribution in [-0.4, -0.2) is 26.0 Å². The van der Waals surface area contributed by atoms with Crippen LogP contribution >= 0.6 is 11.8 Å². The number of hydrogen-bond acceptors (Lipinski definition) is 4. The third-order valence-corrected chi connectivity index (χ3v) is 6.89. The van der Waals surface area contributed by atoms with E-state index in [9.17, 15) is 8.42 Å². The van der Waals surface area contributed by atoms with E-state index >= 15 is 0 Å². The van der Waals surface area contributed by atoms with Gasteiger partial charge in [0.15, 0.2) is 0 Å². The molecule has 0 atom stereocenters. The normalized spacial score (nSPS) is 18.0. The number of benzene rings is 1. The minimum absolute atomic E-state index is 0.0301. The van der Waals surface area contributed by atoms with Crippen LogP contribution in [0.25, 0.3) is 0 Å². The summed E-state index contributed by atoms with van der Waals surface area (Å²) in [5.41, 5.74) is 7.35. The summed E-state index contributed by atoms with van der Waals surface area (Å²) in [7, 11) is -3.28. The summed E-state index contributed by atoms with van der Waals surface area (Å²) in [6, 6.07) is 7.43. The van der Waals surface area contributed by atoms with E-state index < -0.39 is 10.0 Å². The first-order chi connectivity index (χ1) is 9.99. The number of sulfonamides is 1. The lowest BCUT2D eigenvalue weighted by atomic mass is 10.1. The largest absolute Gasteiger partial charge is 0.326 e. The zero-order valence-electron chi connectivity index (χ0n) is 12.5. The lowest BCUT2D eigenvalue weighted by Crippen LogP contribution is -2.38. The van der Waals surface area contributed by atoms with Crippen molar-refractivity contribution in [1.29, 1.82) is 0 Å². The Morgan fingerprint density at radius 1 is 1.19 bits per heavy atom. The van der Waals surface area contributed by atoms with Crippen molar-refractivity contribution < 1.29 is 8.42 Å². The van der Waals surface area contributed by atoms with Crippen molar-refractivity contribution in [1.82, 2.24) is 4.72 Å². The smallest absolute Gasteiger partial charge is 0.215 e. The van der Waals surface area contributed by atoms with Gasteiger partial charge in [0.05, 0.1) is 5.75 Å². The van der Waals surface area contributed by atoms with Gasteiger partial charge in [-0.25, -0.2) is 13.1 Å². The average molecular weight is 329 g/mol. The fourth-order valence-corrected chi connectivity index (χ4v) is 4.99. The minimum atomic E-state index is -3.28. The lowest BCUT2D eigenvalue weighted by Gasteiger charge is -2.26. The van der Waals surface area contributed by atoms with Gasteiger partial charge < -0.3 is 5.73 Å². The molecule has 0 saturated heterocycles. The van der Waals surface area contributed by atoms with Gasteiger partial charge in [0, 0.05) is 17.8 Å². The van der Waals surface area contributed by atoms with E-state index in [4.69, 9.17) is 5.73 Å². The highest BCUT2D eigenvalue weighted by Gasteiger charge is 2.33. The molecular weight excluding hydrogens is 304 g/mol. The topological polar surface area (TPSA) is 72.2 Å². The van der Waals surface area contributed by atoms with Crippen LogP contribution in [0.5, 0.6) is 0 Å². The van der Waals surface area contributed by atoms with Gasteiger partial charge in [-0.05, 0) is 30.2 Å². The van der Waals surface area contributed by atoms with Gasteiger partial charge in [-0.1, -0.05) is 37.1 Å². The summed E-state index contributed by atoms with van der Waals surface area (Å²) in [5, 5.41) is 0. The Bertz CT molecular complexity index is 550. The fraction of sp³-hybridized carbons (Fsp3) is 0.600. The van der Waals surface area contributed by atoms with Gasteiger partial charge in [-0.3, -0.25) is 0 Å². The first kappa shape index (κ1) is 16.8. The van der Waals surface area contributed by atoms with Crippen molar-refractivity contribution in [3.05, 3.63) is 35.4 Å². The van der Waals surface area contributed by atoms with Gasteiger partial charge in [0.25, 0.3) is 0 Å². The molecule has 0 heterocycles. The maximum absolute atomic E-state index is 12.2. The highest BCUT2D eigenvalue weighted by molar-refractivity contribution is 8.00. The standard InChI is InChI=1S/C15H24N2O2S2/c1-20-15(8-2-3-9-15)12-17-21(18,19)11-14-6-4-13(10-16)5-7-14/h4-7,17H,2-3,8-12,16H2,1H3. The number of thioether (sulfide) groups is 1. The van der Waals surface area contributed by atoms with Crippen molar-refractivity contribution in [3.63, 3.8) is 0 Å². The molecule has 118 valence electrons. The molecular formula is C15H24N2O2S2. The number of nitrogens with two attached hydrogens (primary N) is 1. The van der Waals surface area contributed by atoms with Crippen LogP contribution < -0.4 is 10.5 Å². The Morgan fingerprint density at radius 3 is 2.29 bits per heavy atom. The molecule has 1 aromatic rings. The SMILES string of the molecule is CSC1(CNS(=O)(=O)Cc2ccc(CN)cc2)CCCC1. The van der Waals surface area contributed by atoms with Gasteiger partial charge in [0.2, 0.25) is 10.0 Å². The predicted molar refractivity (Wildman–Crippen MR) is 89.7 cm³/mol. The van der Waals surface area contributed by atoms with E-state index in [1.807, 2.05) is 24.3 Å². The molecule has 1 fully saturated rings. The van der Waals surface area contributed by atoms with Crippen LogP contribution in [0, 0.1) is 0 Å². The summed E-state index contributed by atoms with van der Waals surface area (Å²) in [6.07, 6.45) is 6.67. The molecule has 0 amide bonds. The molecule has 0 bridgehead atoms. The monoisotopic (exact) mass is 328 g/mol. The average Bonchev–Trinajstić information content (AvgIpc) is 2.95. The van der Waals surface area contributed by atoms with Crippen molar-refractivity contribution in [2.24, 2.45) is 5.73 Å². The molecule has 21 heavy (non-hydrogen) atoms. The second-order valence-corrected chi connectivity index (χ2v) is 8.78. The van der Waals surface area contributed by atoms with Crippen LogP contribution in [0.4, 0.5) is 0 Å². The Kier molecular flexibility index (Phi) is 5.71. The first-order valence-electron chi connectivity index (χ1n) is 7.29. The molecule has 0 radical (unpaired) electrons. The summed E-state index contributed by atoms with van der Waals surface area (Å²) in [5.74, 6) is 0.0301. The molecule has 0 unspecified atom stereocenters. The highest BCUT2D eigenvalue weighted by atomic mass is 32.2. The minimum Gasteiger partial charge on any atom is -0.326 e. The second-order valence-electron chi connectivity index (χ2n) is 5.70. The van der Waals surface area contributed by atoms with Crippen LogP contribution in [-0.2, 0) is 22.3 Å². The summed E-state index contributed by atoms with van der Waals surface area (Å²) >= 11 is 1.79. The van der Waals surface area contributed by atoms with Gasteiger partial charge in [-0.2, -0.15) is 11.8 Å². The molecule has 0 aromatic heterocycles. The van der Waals surface area contributed by atoms with E-state index in [1.54, 1.807) is 11.8 Å². The summed E-state index contributed by atoms with van der Waals surface area (Å²) in [6.45, 7) is 1.01. The first-order valence-corrected chi connectivity index (χ1v) is 10.2. The summed E-state index contributed by atoms with van der Waals surface area (Å²) in [4.78, 5) is 0. The van der Waals surface area contributed by atoms with Crippen LogP contribution in [0.1, 0.15) is 36.8 Å². The summed E-state index contributed by atoms with van der Waals surface area (Å²) < 4.78 is 27.3. The maximum atomic E-state index is 12.2. The van der Waals surface area contributed by atoms with Crippen LogP contribution in [0.2, 0.25) is 0 Å². The number of nitrogens with one attached hydrogen (secondary N) is 1. The zero-order chi connectivity index (χ0) is 15.3. The Balaban J connectivity index is 1.94. The lowest BCUT2D eigenvalue weighted by molar-refractivity contribution is 0.550. The van der Waals surface area contributed by atoms with E-state index in [-0.39, 0.29) is 10.5 Å². The molecule has 0 spiro atoms. The second kappa shape index (κ2) is 7.13. The molecule has 2 rings (SSSR count). The third-order valence-electron chi connectivity index (χ3n) is 4.18. The number of rotatable bonds is 7. The highest BCUT2D eigenvalue weighted by Crippen LogP contribution is 2.39. The van der Waals surface area contributed by atoms with Crippen molar-refractivity contribution in [2.75, 3.05) is 12.8 Å². The molecule has 1 aromatic carbocycles. The van der Waals surface area contributed by atoms with Crippen molar-refractivity contribution in [3.8, 4) is 0 Å². The van der Waals surface area contributed by atoms with Gasteiger partial charge >= 0.3 is 0 Å². The Morgan fingerprint density at radius 2 is 1.76 bits per heavy atom. The van der Waals surface area contributed by atoms with Gasteiger partial charge in [-0.15, -0.1) is 0 Å². The van der Waals surface area contributed by atoms with E-state index in [1.165, 1.54) is 12.8 Å². The van der Waals surface area contributed by atoms with E-state index in [0.29, 0.717) is 13.1 Å². The zero-order valence-corrected chi connectivity index (χ0v) is 14.1. The third kappa shape index (κ3) is 4.71. The fourth-order valence-electron chi connectivity index (χ4n) is 2.76. The Labute approximate surface area is 131 Å². The van der Waals surface area contributed by atoms with E-state index in [2.05, 4.69) is 11.0 Å². The molecule has 6 heteroatoms. The molecule has 1 aliphatic carbocycles. The van der Waals surface area contributed by atoms with E-state index in [0.717, 1.165) is 24.0 Å². The molecule has 0 aliphatic heterocycles. The van der Waals surface area contributed by atoms with Crippen LogP contribution in [0.15, 0.2) is 24.3 Å². The van der Waals surface area contributed by atoms with Crippen molar-refractivity contribution in [2.45, 2.75) is 42.7 Å². The number of hydrogen-bond donors (Lipinski definition) is 2. The maximum Gasteiger partial charge on any atom is 0.215 e. The van der Waals surface area contributed by atoms with Crippen molar-refractivity contribution >= 4 is 21.8 Å². The molecule has 4 nitrogen and oxygen atoms in total. The predicted octanol–water partition coefficient (Wildman–Crippen LogP) is 2.24. The molecule has 3 N–H and O–H groups in total. The van der Waals surface area contributed by atoms with Gasteiger partial charge in [0.1, 0.15) is 0 Å². The quantitative estimate of drug-likeness (QED) is 0.805. The molecule has 1 aliphatic rings. The Hall–Kier alpha value is -0.560. The van der Waals surface area contributed by atoms with Crippen LogP contribution in [0.3, 0.4) is 0 Å².